The van der Waals surface area contributed by atoms with Crippen LogP contribution in [0, 0.1) is 0 Å². The second-order valence-electron chi connectivity index (χ2n) is 6.04. The van der Waals surface area contributed by atoms with Gasteiger partial charge in [-0.3, -0.25) is 4.79 Å². The Hall–Kier alpha value is -1.81. The summed E-state index contributed by atoms with van der Waals surface area (Å²) in [4.78, 5) is 16.2. The van der Waals surface area contributed by atoms with Crippen LogP contribution in [0.3, 0.4) is 0 Å². The number of hydrogen-bond donors (Lipinski definition) is 2. The molecule has 1 saturated carbocycles. The minimum atomic E-state index is -0.0776. The van der Waals surface area contributed by atoms with Gasteiger partial charge in [-0.25, -0.2) is 4.99 Å². The number of thiol groups is 1. The van der Waals surface area contributed by atoms with Crippen molar-refractivity contribution >= 4 is 24.4 Å². The molecule has 0 radical (unpaired) electrons. The first-order chi connectivity index (χ1) is 11.1. The van der Waals surface area contributed by atoms with E-state index >= 15 is 0 Å². The van der Waals surface area contributed by atoms with Crippen LogP contribution in [-0.2, 0) is 10.2 Å². The van der Waals surface area contributed by atoms with E-state index in [4.69, 9.17) is 0 Å². The Morgan fingerprint density at radius 3 is 2.52 bits per heavy atom. The zero-order valence-electron chi connectivity index (χ0n) is 13.6. The lowest BCUT2D eigenvalue weighted by atomic mass is 9.76. The summed E-state index contributed by atoms with van der Waals surface area (Å²) in [6.07, 6.45) is 8.67. The van der Waals surface area contributed by atoms with E-state index in [0.717, 1.165) is 25.1 Å². The van der Waals surface area contributed by atoms with Crippen LogP contribution in [0.5, 0.6) is 0 Å². The molecule has 0 unspecified atom stereocenters. The standard InChI is InChI=1S/C19H24N2OS/c1-3-9-17(15(2)22)20-18(21-23)14-19(12-7-8-13-19)16-10-5-4-6-11-16/h3-6,9-11,23H,1,7-8,12-14H2,2H3,(H,20,21)/b17-9-. The molecule has 0 bridgehead atoms. The molecule has 1 aromatic rings. The molecule has 1 aliphatic rings. The van der Waals surface area contributed by atoms with Gasteiger partial charge in [0.1, 0.15) is 11.5 Å². The van der Waals surface area contributed by atoms with E-state index in [1.165, 1.54) is 25.3 Å². The van der Waals surface area contributed by atoms with Crippen LogP contribution in [-0.4, -0.2) is 11.6 Å². The number of nitrogens with zero attached hydrogens (tertiary/aromatic N) is 1. The topological polar surface area (TPSA) is 41.5 Å². The van der Waals surface area contributed by atoms with Crippen molar-refractivity contribution in [2.45, 2.75) is 44.4 Å². The SMILES string of the molecule is C=C/C=C(\N=C(CC1(c2ccccc2)CCCC1)NS)C(C)=O. The fourth-order valence-corrected chi connectivity index (χ4v) is 3.46. The van der Waals surface area contributed by atoms with Gasteiger partial charge in [0.25, 0.3) is 0 Å². The highest BCUT2D eigenvalue weighted by Gasteiger charge is 2.36. The number of carbonyl (C=O) groups excluding carboxylic acids is 1. The highest BCUT2D eigenvalue weighted by molar-refractivity contribution is 7.78. The van der Waals surface area contributed by atoms with Crippen LogP contribution in [0.15, 0.2) is 59.8 Å². The van der Waals surface area contributed by atoms with Crippen LogP contribution < -0.4 is 4.72 Å². The number of rotatable bonds is 6. The number of hydrogen-bond acceptors (Lipinski definition) is 3. The average molecular weight is 328 g/mol. The Bertz CT molecular complexity index is 614. The highest BCUT2D eigenvalue weighted by atomic mass is 32.1. The molecule has 0 atom stereocenters. The molecule has 0 spiro atoms. The molecule has 0 aromatic heterocycles. The number of amidine groups is 1. The normalized spacial score (nSPS) is 17.8. The molecule has 3 nitrogen and oxygen atoms in total. The second kappa shape index (κ2) is 8.16. The quantitative estimate of drug-likeness (QED) is 0.267. The minimum absolute atomic E-state index is 0.0753. The van der Waals surface area contributed by atoms with Gasteiger partial charge in [0.05, 0.1) is 0 Å². The summed E-state index contributed by atoms with van der Waals surface area (Å²) >= 11 is 4.20. The molecule has 2 rings (SSSR count). The van der Waals surface area contributed by atoms with Crippen LogP contribution in [0.4, 0.5) is 0 Å². The third-order valence-corrected chi connectivity index (χ3v) is 4.73. The summed E-state index contributed by atoms with van der Waals surface area (Å²) in [5, 5.41) is 0. The molecular formula is C19H24N2OS. The second-order valence-corrected chi connectivity index (χ2v) is 6.27. The number of allylic oxidation sites excluding steroid dienone is 3. The van der Waals surface area contributed by atoms with Crippen molar-refractivity contribution in [3.8, 4) is 0 Å². The average Bonchev–Trinajstić information content (AvgIpc) is 3.04. The Kier molecular flexibility index (Phi) is 6.22. The monoisotopic (exact) mass is 328 g/mol. The summed E-state index contributed by atoms with van der Waals surface area (Å²) in [6, 6.07) is 10.6. The third-order valence-electron chi connectivity index (χ3n) is 4.47. The van der Waals surface area contributed by atoms with Crippen LogP contribution in [0.1, 0.15) is 44.6 Å². The van der Waals surface area contributed by atoms with Crippen molar-refractivity contribution < 1.29 is 4.79 Å². The molecule has 0 aliphatic heterocycles. The van der Waals surface area contributed by atoms with Gasteiger partial charge < -0.3 is 4.72 Å². The Balaban J connectivity index is 2.33. The van der Waals surface area contributed by atoms with Crippen molar-refractivity contribution in [2.24, 2.45) is 4.99 Å². The van der Waals surface area contributed by atoms with Crippen LogP contribution in [0.25, 0.3) is 0 Å². The molecule has 4 heteroatoms. The molecular weight excluding hydrogens is 304 g/mol. The van der Waals surface area contributed by atoms with Crippen molar-refractivity contribution in [3.05, 3.63) is 60.3 Å². The lowest BCUT2D eigenvalue weighted by Crippen LogP contribution is -2.30. The van der Waals surface area contributed by atoms with E-state index < -0.39 is 0 Å². The van der Waals surface area contributed by atoms with Gasteiger partial charge in [0, 0.05) is 18.8 Å². The van der Waals surface area contributed by atoms with Gasteiger partial charge in [-0.15, -0.1) is 0 Å². The number of ketones is 1. The van der Waals surface area contributed by atoms with Crippen molar-refractivity contribution in [3.63, 3.8) is 0 Å². The lowest BCUT2D eigenvalue weighted by molar-refractivity contribution is -0.113. The van der Waals surface area contributed by atoms with Crippen molar-refractivity contribution in [2.75, 3.05) is 0 Å². The summed E-state index contributed by atoms with van der Waals surface area (Å²) in [5.41, 5.74) is 1.81. The number of Topliss-reactive ketones (excluding diaryl/α,β-unsaturated/α-hetero) is 1. The first kappa shape index (κ1) is 17.5. The van der Waals surface area contributed by atoms with Crippen LogP contribution >= 0.6 is 12.8 Å². The predicted octanol–water partition coefficient (Wildman–Crippen LogP) is 4.38. The molecule has 23 heavy (non-hydrogen) atoms. The Morgan fingerprint density at radius 2 is 2.00 bits per heavy atom. The molecule has 0 amide bonds. The maximum atomic E-state index is 11.7. The molecule has 1 fully saturated rings. The molecule has 0 saturated heterocycles. The van der Waals surface area contributed by atoms with Gasteiger partial charge >= 0.3 is 0 Å². The Labute approximate surface area is 144 Å². The molecule has 1 aliphatic carbocycles. The molecule has 1 aromatic carbocycles. The summed E-state index contributed by atoms with van der Waals surface area (Å²) in [5.74, 6) is 0.647. The van der Waals surface area contributed by atoms with E-state index in [9.17, 15) is 4.79 Å². The number of nitrogens with one attached hydrogen (secondary N) is 1. The maximum absolute atomic E-state index is 11.7. The number of aliphatic imine (C=N–C) groups is 1. The zero-order valence-corrected chi connectivity index (χ0v) is 14.5. The smallest absolute Gasteiger partial charge is 0.178 e. The van der Waals surface area contributed by atoms with Crippen molar-refractivity contribution in [1.29, 1.82) is 0 Å². The minimum Gasteiger partial charge on any atom is -0.320 e. The Morgan fingerprint density at radius 1 is 1.35 bits per heavy atom. The fraction of sp³-hybridized carbons (Fsp3) is 0.368. The maximum Gasteiger partial charge on any atom is 0.178 e. The molecule has 0 heterocycles. The van der Waals surface area contributed by atoms with Gasteiger partial charge in [-0.1, -0.05) is 68.6 Å². The summed E-state index contributed by atoms with van der Waals surface area (Å²) in [6.45, 7) is 5.15. The van der Waals surface area contributed by atoms with Gasteiger partial charge in [-0.2, -0.15) is 0 Å². The molecule has 122 valence electrons. The van der Waals surface area contributed by atoms with E-state index in [1.807, 2.05) is 6.07 Å². The summed E-state index contributed by atoms with van der Waals surface area (Å²) in [7, 11) is 0. The first-order valence-corrected chi connectivity index (χ1v) is 8.43. The zero-order chi connectivity index (χ0) is 16.7. The highest BCUT2D eigenvalue weighted by Crippen LogP contribution is 2.44. The number of benzene rings is 1. The van der Waals surface area contributed by atoms with Gasteiger partial charge in [0.15, 0.2) is 5.78 Å². The molecule has 1 N–H and O–H groups in total. The largest absolute Gasteiger partial charge is 0.320 e. The summed E-state index contributed by atoms with van der Waals surface area (Å²) < 4.78 is 2.88. The van der Waals surface area contributed by atoms with E-state index in [0.29, 0.717) is 5.70 Å². The number of carbonyl (C=O) groups is 1. The third kappa shape index (κ3) is 4.35. The van der Waals surface area contributed by atoms with Crippen LogP contribution in [0.2, 0.25) is 0 Å². The predicted molar refractivity (Wildman–Crippen MR) is 99.7 cm³/mol. The lowest BCUT2D eigenvalue weighted by Gasteiger charge is -2.30. The van der Waals surface area contributed by atoms with Crippen molar-refractivity contribution in [1.82, 2.24) is 4.72 Å². The van der Waals surface area contributed by atoms with Gasteiger partial charge in [-0.05, 0) is 24.5 Å². The van der Waals surface area contributed by atoms with Gasteiger partial charge in [0.2, 0.25) is 0 Å². The van der Waals surface area contributed by atoms with E-state index in [2.05, 4.69) is 53.4 Å². The van der Waals surface area contributed by atoms with E-state index in [-0.39, 0.29) is 11.2 Å². The fourth-order valence-electron chi connectivity index (χ4n) is 3.33. The van der Waals surface area contributed by atoms with E-state index in [1.54, 1.807) is 12.2 Å². The first-order valence-electron chi connectivity index (χ1n) is 7.98.